The largest absolute Gasteiger partial charge is 0.493 e. The van der Waals surface area contributed by atoms with E-state index < -0.39 is 0 Å². The molecule has 1 amide bonds. The highest BCUT2D eigenvalue weighted by Crippen LogP contribution is 2.26. The Labute approximate surface area is 169 Å². The van der Waals surface area contributed by atoms with Crippen LogP contribution in [-0.2, 0) is 11.2 Å². The number of carbonyl (C=O) groups excluding carboxylic acids is 2. The number of rotatable bonds is 4. The molecular formula is C23H22N2O4. The van der Waals surface area contributed by atoms with E-state index in [0.717, 1.165) is 24.2 Å². The number of amides is 1. The zero-order valence-corrected chi connectivity index (χ0v) is 16.1. The van der Waals surface area contributed by atoms with Crippen molar-refractivity contribution in [1.29, 1.82) is 5.26 Å². The Morgan fingerprint density at radius 3 is 2.66 bits per heavy atom. The predicted octanol–water partition coefficient (Wildman–Crippen LogP) is 2.99. The molecule has 1 fully saturated rings. The van der Waals surface area contributed by atoms with Gasteiger partial charge in [0.1, 0.15) is 18.1 Å². The number of piperidine rings is 1. The van der Waals surface area contributed by atoms with Crippen LogP contribution in [-0.4, -0.2) is 42.9 Å². The Morgan fingerprint density at radius 1 is 1.17 bits per heavy atom. The molecule has 0 bridgehead atoms. The zero-order chi connectivity index (χ0) is 20.2. The standard InChI is InChI=1S/C23H22N2O4/c24-13-16-1-4-21(5-2-16)28-14-17-7-9-25(10-8-17)23(27)18-3-6-22-19(11-18)12-20(26)15-29-22/h1-6,11,17H,7-10,12,14-15H2. The van der Waals surface area contributed by atoms with E-state index in [1.165, 1.54) is 0 Å². The minimum absolute atomic E-state index is 0.00252. The van der Waals surface area contributed by atoms with Crippen LogP contribution in [0.15, 0.2) is 42.5 Å². The lowest BCUT2D eigenvalue weighted by molar-refractivity contribution is -0.121. The van der Waals surface area contributed by atoms with Crippen molar-refractivity contribution in [2.75, 3.05) is 26.3 Å². The first-order chi connectivity index (χ1) is 14.1. The van der Waals surface area contributed by atoms with Crippen LogP contribution in [0.25, 0.3) is 0 Å². The first-order valence-corrected chi connectivity index (χ1v) is 9.82. The number of hydrogen-bond acceptors (Lipinski definition) is 5. The van der Waals surface area contributed by atoms with Crippen LogP contribution >= 0.6 is 0 Å². The fourth-order valence-corrected chi connectivity index (χ4v) is 3.74. The molecule has 2 aromatic rings. The lowest BCUT2D eigenvalue weighted by Crippen LogP contribution is -2.39. The zero-order valence-electron chi connectivity index (χ0n) is 16.1. The van der Waals surface area contributed by atoms with E-state index in [2.05, 4.69) is 6.07 Å². The number of nitriles is 1. The fourth-order valence-electron chi connectivity index (χ4n) is 3.74. The molecule has 0 N–H and O–H groups in total. The number of likely N-dealkylation sites (tertiary alicyclic amines) is 1. The summed E-state index contributed by atoms with van der Waals surface area (Å²) in [5.74, 6) is 1.87. The molecule has 0 aromatic heterocycles. The molecule has 29 heavy (non-hydrogen) atoms. The van der Waals surface area contributed by atoms with E-state index in [1.54, 1.807) is 30.3 Å². The van der Waals surface area contributed by atoms with Crippen molar-refractivity contribution in [3.63, 3.8) is 0 Å². The minimum Gasteiger partial charge on any atom is -0.493 e. The van der Waals surface area contributed by atoms with Gasteiger partial charge in [-0.15, -0.1) is 0 Å². The summed E-state index contributed by atoms with van der Waals surface area (Å²) in [7, 11) is 0. The minimum atomic E-state index is -0.00252. The summed E-state index contributed by atoms with van der Waals surface area (Å²) in [6, 6.07) is 14.5. The number of carbonyl (C=O) groups is 2. The van der Waals surface area contributed by atoms with Gasteiger partial charge in [-0.2, -0.15) is 5.26 Å². The van der Waals surface area contributed by atoms with Crippen molar-refractivity contribution in [2.24, 2.45) is 5.92 Å². The molecule has 6 heteroatoms. The second-order valence-electron chi connectivity index (χ2n) is 7.51. The topological polar surface area (TPSA) is 79.6 Å². The molecule has 2 aromatic carbocycles. The molecule has 0 radical (unpaired) electrons. The maximum absolute atomic E-state index is 12.9. The molecule has 0 saturated carbocycles. The highest BCUT2D eigenvalue weighted by Gasteiger charge is 2.25. The fraction of sp³-hybridized carbons (Fsp3) is 0.348. The van der Waals surface area contributed by atoms with E-state index in [-0.39, 0.29) is 18.3 Å². The third-order valence-electron chi connectivity index (χ3n) is 5.45. The molecule has 0 atom stereocenters. The summed E-state index contributed by atoms with van der Waals surface area (Å²) in [6.07, 6.45) is 2.09. The van der Waals surface area contributed by atoms with Crippen molar-refractivity contribution in [3.8, 4) is 17.6 Å². The lowest BCUT2D eigenvalue weighted by Gasteiger charge is -2.32. The van der Waals surface area contributed by atoms with Gasteiger partial charge in [0.25, 0.3) is 5.91 Å². The van der Waals surface area contributed by atoms with Crippen molar-refractivity contribution in [1.82, 2.24) is 4.90 Å². The summed E-state index contributed by atoms with van der Waals surface area (Å²) >= 11 is 0. The Bertz CT molecular complexity index is 954. The smallest absolute Gasteiger partial charge is 0.253 e. The van der Waals surface area contributed by atoms with Gasteiger partial charge in [0.05, 0.1) is 18.2 Å². The number of fused-ring (bicyclic) bond motifs is 1. The van der Waals surface area contributed by atoms with Crippen molar-refractivity contribution >= 4 is 11.7 Å². The van der Waals surface area contributed by atoms with Crippen molar-refractivity contribution in [2.45, 2.75) is 19.3 Å². The highest BCUT2D eigenvalue weighted by atomic mass is 16.5. The third kappa shape index (κ3) is 4.40. The summed E-state index contributed by atoms with van der Waals surface area (Å²) in [6.45, 7) is 2.09. The van der Waals surface area contributed by atoms with Gasteiger partial charge in [-0.1, -0.05) is 0 Å². The predicted molar refractivity (Wildman–Crippen MR) is 106 cm³/mol. The molecular weight excluding hydrogens is 368 g/mol. The Kier molecular flexibility index (Phi) is 5.48. The maximum Gasteiger partial charge on any atom is 0.253 e. The van der Waals surface area contributed by atoms with E-state index in [9.17, 15) is 9.59 Å². The van der Waals surface area contributed by atoms with E-state index in [1.807, 2.05) is 17.0 Å². The normalized spacial score (nSPS) is 16.5. The second-order valence-corrected chi connectivity index (χ2v) is 7.51. The van der Waals surface area contributed by atoms with Crippen LogP contribution in [0, 0.1) is 17.2 Å². The van der Waals surface area contributed by atoms with Crippen LogP contribution in [0.5, 0.6) is 11.5 Å². The van der Waals surface area contributed by atoms with Gasteiger partial charge in [-0.25, -0.2) is 0 Å². The molecule has 0 spiro atoms. The maximum atomic E-state index is 12.9. The number of hydrogen-bond donors (Lipinski definition) is 0. The SMILES string of the molecule is N#Cc1ccc(OCC2CCN(C(=O)c3ccc4c(c3)CC(=O)CO4)CC2)cc1. The lowest BCUT2D eigenvalue weighted by atomic mass is 9.96. The average Bonchev–Trinajstić information content (AvgIpc) is 2.77. The summed E-state index contributed by atoms with van der Waals surface area (Å²) in [5.41, 5.74) is 2.01. The first-order valence-electron chi connectivity index (χ1n) is 9.82. The van der Waals surface area contributed by atoms with Gasteiger partial charge < -0.3 is 14.4 Å². The number of ether oxygens (including phenoxy) is 2. The first kappa shape index (κ1) is 19.0. The molecule has 2 aliphatic heterocycles. The van der Waals surface area contributed by atoms with Crippen LogP contribution in [0.2, 0.25) is 0 Å². The Morgan fingerprint density at radius 2 is 1.93 bits per heavy atom. The third-order valence-corrected chi connectivity index (χ3v) is 5.45. The second kappa shape index (κ2) is 8.36. The molecule has 0 unspecified atom stereocenters. The van der Waals surface area contributed by atoms with Gasteiger partial charge in [-0.3, -0.25) is 9.59 Å². The monoisotopic (exact) mass is 390 g/mol. The van der Waals surface area contributed by atoms with Gasteiger partial charge in [0, 0.05) is 30.6 Å². The quantitative estimate of drug-likeness (QED) is 0.802. The summed E-state index contributed by atoms with van der Waals surface area (Å²) in [4.78, 5) is 26.3. The summed E-state index contributed by atoms with van der Waals surface area (Å²) in [5, 5.41) is 8.84. The number of Topliss-reactive ketones (excluding diaryl/α,β-unsaturated/α-hetero) is 1. The van der Waals surface area contributed by atoms with E-state index in [4.69, 9.17) is 14.7 Å². The van der Waals surface area contributed by atoms with Crippen LogP contribution < -0.4 is 9.47 Å². The highest BCUT2D eigenvalue weighted by molar-refractivity contribution is 5.95. The number of ketones is 1. The van der Waals surface area contributed by atoms with Gasteiger partial charge in [0.2, 0.25) is 0 Å². The average molecular weight is 390 g/mol. The Balaban J connectivity index is 1.30. The molecule has 2 heterocycles. The van der Waals surface area contributed by atoms with Crippen LogP contribution in [0.3, 0.4) is 0 Å². The van der Waals surface area contributed by atoms with Crippen LogP contribution in [0.1, 0.15) is 34.3 Å². The van der Waals surface area contributed by atoms with E-state index >= 15 is 0 Å². The molecule has 2 aliphatic rings. The Hall–Kier alpha value is -3.33. The summed E-state index contributed by atoms with van der Waals surface area (Å²) < 4.78 is 11.2. The van der Waals surface area contributed by atoms with E-state index in [0.29, 0.717) is 48.9 Å². The van der Waals surface area contributed by atoms with Gasteiger partial charge >= 0.3 is 0 Å². The molecule has 4 rings (SSSR count). The van der Waals surface area contributed by atoms with Gasteiger partial charge in [-0.05, 0) is 61.2 Å². The molecule has 1 saturated heterocycles. The van der Waals surface area contributed by atoms with Crippen molar-refractivity contribution < 1.29 is 19.1 Å². The van der Waals surface area contributed by atoms with Crippen LogP contribution in [0.4, 0.5) is 0 Å². The van der Waals surface area contributed by atoms with Gasteiger partial charge in [0.15, 0.2) is 5.78 Å². The number of nitrogens with zero attached hydrogens (tertiary/aromatic N) is 2. The molecule has 148 valence electrons. The van der Waals surface area contributed by atoms with Crippen molar-refractivity contribution in [3.05, 3.63) is 59.2 Å². The molecule has 6 nitrogen and oxygen atoms in total. The number of benzene rings is 2. The molecule has 0 aliphatic carbocycles.